The van der Waals surface area contributed by atoms with Gasteiger partial charge in [-0.05, 0) is 81.3 Å². The maximum Gasteiger partial charge on any atom is 0.206 e. The predicted molar refractivity (Wildman–Crippen MR) is 114 cm³/mol. The standard InChI is InChI=1S/C25H32N2/c1-8-9-25(27-11-10-26-16-27,23-19(4)12-17(2)13-20(23)5)24-21(6)14-18(3)15-22(24)7/h10-15,26H,8-9H2,1-7H3. The molecule has 27 heavy (non-hydrogen) atoms. The highest BCUT2D eigenvalue weighted by Gasteiger charge is 2.43. The molecule has 2 radical (unpaired) electrons. The Hall–Kier alpha value is -2.22. The summed E-state index contributed by atoms with van der Waals surface area (Å²) in [7, 11) is 0. The molecule has 0 saturated heterocycles. The van der Waals surface area contributed by atoms with Crippen molar-refractivity contribution in [2.45, 2.75) is 66.8 Å². The van der Waals surface area contributed by atoms with Gasteiger partial charge in [-0.15, -0.1) is 0 Å². The lowest BCUT2D eigenvalue weighted by molar-refractivity contribution is 0.212. The van der Waals surface area contributed by atoms with Gasteiger partial charge in [0.1, 0.15) is 0 Å². The number of rotatable bonds is 5. The Kier molecular flexibility index (Phi) is 5.37. The summed E-state index contributed by atoms with van der Waals surface area (Å²) in [4.78, 5) is 2.27. The Bertz CT molecular complexity index is 772. The van der Waals surface area contributed by atoms with Gasteiger partial charge in [-0.1, -0.05) is 48.7 Å². The average Bonchev–Trinajstić information content (AvgIpc) is 3.07. The average molecular weight is 361 g/mol. The van der Waals surface area contributed by atoms with Gasteiger partial charge in [0.2, 0.25) is 6.67 Å². The van der Waals surface area contributed by atoms with E-state index in [1.54, 1.807) is 0 Å². The molecule has 3 rings (SSSR count). The van der Waals surface area contributed by atoms with Crippen molar-refractivity contribution in [2.24, 2.45) is 0 Å². The summed E-state index contributed by atoms with van der Waals surface area (Å²) < 4.78 is 0. The zero-order valence-corrected chi connectivity index (χ0v) is 17.8. The van der Waals surface area contributed by atoms with E-state index in [0.29, 0.717) is 0 Å². The lowest BCUT2D eigenvalue weighted by atomic mass is 9.71. The molecule has 142 valence electrons. The van der Waals surface area contributed by atoms with Gasteiger partial charge in [0.25, 0.3) is 0 Å². The molecule has 0 saturated carbocycles. The molecule has 2 aromatic rings. The number of benzene rings is 2. The van der Waals surface area contributed by atoms with Crippen LogP contribution in [0.1, 0.15) is 64.3 Å². The second-order valence-corrected chi connectivity index (χ2v) is 8.10. The van der Waals surface area contributed by atoms with Crippen molar-refractivity contribution in [3.63, 3.8) is 0 Å². The van der Waals surface area contributed by atoms with Crippen LogP contribution in [0.2, 0.25) is 0 Å². The number of nitrogens with zero attached hydrogens (tertiary/aromatic N) is 1. The predicted octanol–water partition coefficient (Wildman–Crippen LogP) is 5.95. The van der Waals surface area contributed by atoms with E-state index in [1.165, 1.54) is 44.5 Å². The minimum Gasteiger partial charge on any atom is -0.360 e. The van der Waals surface area contributed by atoms with Gasteiger partial charge in [-0.3, -0.25) is 0 Å². The summed E-state index contributed by atoms with van der Waals surface area (Å²) in [6.07, 6.45) is 6.22. The minimum absolute atomic E-state index is 0.265. The van der Waals surface area contributed by atoms with E-state index in [0.717, 1.165) is 12.8 Å². The smallest absolute Gasteiger partial charge is 0.206 e. The van der Waals surface area contributed by atoms with Crippen molar-refractivity contribution in [1.29, 1.82) is 0 Å². The monoisotopic (exact) mass is 360 g/mol. The molecule has 0 fully saturated rings. The first-order valence-corrected chi connectivity index (χ1v) is 9.95. The van der Waals surface area contributed by atoms with Crippen LogP contribution in [0.25, 0.3) is 0 Å². The molecular weight excluding hydrogens is 328 g/mol. The summed E-state index contributed by atoms with van der Waals surface area (Å²) in [6.45, 7) is 19.1. The number of hydrogen-bond donors (Lipinski definition) is 1. The van der Waals surface area contributed by atoms with E-state index in [4.69, 9.17) is 0 Å². The van der Waals surface area contributed by atoms with Crippen LogP contribution in [0.3, 0.4) is 0 Å². The molecule has 0 aliphatic carbocycles. The van der Waals surface area contributed by atoms with Gasteiger partial charge in [0.15, 0.2) is 0 Å². The fraction of sp³-hybridized carbons (Fsp3) is 0.400. The number of hydrogen-bond acceptors (Lipinski definition) is 2. The first kappa shape index (κ1) is 19.5. The van der Waals surface area contributed by atoms with Crippen LogP contribution in [0.15, 0.2) is 36.7 Å². The van der Waals surface area contributed by atoms with Gasteiger partial charge in [0, 0.05) is 12.4 Å². The first-order chi connectivity index (χ1) is 12.8. The van der Waals surface area contributed by atoms with Crippen LogP contribution in [0.5, 0.6) is 0 Å². The van der Waals surface area contributed by atoms with Gasteiger partial charge in [0.05, 0.1) is 5.54 Å². The molecular formula is C25H32N2. The quantitative estimate of drug-likeness (QED) is 0.708. The Morgan fingerprint density at radius 3 is 1.59 bits per heavy atom. The molecule has 1 aliphatic rings. The zero-order valence-electron chi connectivity index (χ0n) is 17.8. The van der Waals surface area contributed by atoms with Crippen LogP contribution in [0.4, 0.5) is 0 Å². The van der Waals surface area contributed by atoms with E-state index in [-0.39, 0.29) is 5.54 Å². The highest BCUT2D eigenvalue weighted by atomic mass is 15.3. The van der Waals surface area contributed by atoms with Crippen molar-refractivity contribution in [3.8, 4) is 0 Å². The SMILES string of the molecule is CCCC(c1c(C)cc(C)cc1C)(c1c(C)cc(C)cc1C)N1[C]NC=C1. The third kappa shape index (κ3) is 3.26. The van der Waals surface area contributed by atoms with Crippen molar-refractivity contribution < 1.29 is 0 Å². The summed E-state index contributed by atoms with van der Waals surface area (Å²) in [5, 5.41) is 3.17. The van der Waals surface area contributed by atoms with E-state index in [9.17, 15) is 0 Å². The molecule has 1 aliphatic heterocycles. The molecule has 2 nitrogen and oxygen atoms in total. The molecule has 0 unspecified atom stereocenters. The molecule has 0 spiro atoms. The molecule has 0 aromatic heterocycles. The largest absolute Gasteiger partial charge is 0.360 e. The lowest BCUT2D eigenvalue weighted by Gasteiger charge is -2.45. The highest BCUT2D eigenvalue weighted by Crippen LogP contribution is 2.47. The molecule has 1 N–H and O–H groups in total. The summed E-state index contributed by atoms with van der Waals surface area (Å²) in [5.74, 6) is 0. The van der Waals surface area contributed by atoms with Gasteiger partial charge >= 0.3 is 0 Å². The minimum atomic E-state index is -0.265. The Morgan fingerprint density at radius 1 is 0.815 bits per heavy atom. The van der Waals surface area contributed by atoms with E-state index >= 15 is 0 Å². The number of aryl methyl sites for hydroxylation is 6. The fourth-order valence-electron chi connectivity index (χ4n) is 5.24. The molecule has 0 atom stereocenters. The Morgan fingerprint density at radius 2 is 1.26 bits per heavy atom. The van der Waals surface area contributed by atoms with E-state index in [1.807, 2.05) is 6.20 Å². The maximum absolute atomic E-state index is 3.39. The third-order valence-corrected chi connectivity index (χ3v) is 5.70. The van der Waals surface area contributed by atoms with Gasteiger partial charge in [-0.2, -0.15) is 0 Å². The van der Waals surface area contributed by atoms with Crippen molar-refractivity contribution >= 4 is 0 Å². The Balaban J connectivity index is 2.43. The number of nitrogens with one attached hydrogen (secondary N) is 1. The second-order valence-electron chi connectivity index (χ2n) is 8.10. The molecule has 0 bridgehead atoms. The third-order valence-electron chi connectivity index (χ3n) is 5.70. The Labute approximate surface area is 165 Å². The van der Waals surface area contributed by atoms with Crippen LogP contribution in [-0.2, 0) is 5.54 Å². The normalized spacial score (nSPS) is 14.0. The highest BCUT2D eigenvalue weighted by molar-refractivity contribution is 5.54. The summed E-state index contributed by atoms with van der Waals surface area (Å²) in [6, 6.07) is 9.27. The van der Waals surface area contributed by atoms with Crippen LogP contribution < -0.4 is 5.32 Å². The second kappa shape index (κ2) is 7.42. The van der Waals surface area contributed by atoms with Crippen LogP contribution in [0, 0.1) is 48.2 Å². The first-order valence-electron chi connectivity index (χ1n) is 9.95. The summed E-state index contributed by atoms with van der Waals surface area (Å²) in [5.41, 5.74) is 10.6. The molecule has 0 amide bonds. The van der Waals surface area contributed by atoms with Crippen LogP contribution in [-0.4, -0.2) is 4.90 Å². The zero-order chi connectivity index (χ0) is 19.8. The molecule has 2 heteroatoms. The van der Waals surface area contributed by atoms with Crippen molar-refractivity contribution in [3.05, 3.63) is 87.8 Å². The fourth-order valence-corrected chi connectivity index (χ4v) is 5.24. The summed E-state index contributed by atoms with van der Waals surface area (Å²) >= 11 is 0. The topological polar surface area (TPSA) is 15.3 Å². The van der Waals surface area contributed by atoms with Crippen LogP contribution >= 0.6 is 0 Å². The lowest BCUT2D eigenvalue weighted by Crippen LogP contribution is -2.45. The molecule has 2 aromatic carbocycles. The maximum atomic E-state index is 3.39. The molecule has 1 heterocycles. The van der Waals surface area contributed by atoms with Crippen molar-refractivity contribution in [1.82, 2.24) is 10.2 Å². The van der Waals surface area contributed by atoms with E-state index in [2.05, 4.69) is 95.8 Å². The van der Waals surface area contributed by atoms with Gasteiger partial charge < -0.3 is 10.2 Å². The van der Waals surface area contributed by atoms with Gasteiger partial charge in [-0.25, -0.2) is 0 Å². The van der Waals surface area contributed by atoms with E-state index < -0.39 is 0 Å². The van der Waals surface area contributed by atoms with Crippen molar-refractivity contribution in [2.75, 3.05) is 0 Å².